The molecule has 0 fully saturated rings. The molecular weight excluding hydrogens is 402 g/mol. The van der Waals surface area contributed by atoms with Gasteiger partial charge in [-0.25, -0.2) is 4.79 Å². The lowest BCUT2D eigenvalue weighted by molar-refractivity contribution is 0.0862. The van der Waals surface area contributed by atoms with Crippen LogP contribution < -0.4 is 18.9 Å². The molecule has 0 aliphatic carbocycles. The number of hydrogen-bond donors (Lipinski definition) is 1. The first kappa shape index (κ1) is 21.1. The van der Waals surface area contributed by atoms with Gasteiger partial charge >= 0.3 is 6.09 Å². The Kier molecular flexibility index (Phi) is 6.08. The molecule has 0 radical (unpaired) electrons. The van der Waals surface area contributed by atoms with Crippen molar-refractivity contribution in [3.63, 3.8) is 0 Å². The largest absolute Gasteiger partial charge is 0.493 e. The predicted octanol–water partition coefficient (Wildman–Crippen LogP) is 3.22. The topological polar surface area (TPSA) is 86.7 Å². The molecule has 4 rings (SSSR count). The number of methoxy groups -OCH3 is 2. The zero-order valence-electron chi connectivity index (χ0n) is 18.0. The van der Waals surface area contributed by atoms with Gasteiger partial charge in [-0.05, 0) is 54.7 Å². The van der Waals surface area contributed by atoms with E-state index in [2.05, 4.69) is 0 Å². The molecule has 2 aromatic rings. The van der Waals surface area contributed by atoms with Gasteiger partial charge in [0.25, 0.3) is 0 Å². The van der Waals surface area contributed by atoms with Gasteiger partial charge in [0.2, 0.25) is 6.79 Å². The van der Waals surface area contributed by atoms with Gasteiger partial charge < -0.3 is 33.7 Å². The fraction of sp³-hybridized carbons (Fsp3) is 0.435. The van der Waals surface area contributed by atoms with E-state index in [1.165, 1.54) is 0 Å². The summed E-state index contributed by atoms with van der Waals surface area (Å²) in [6, 6.07) is 7.37. The van der Waals surface area contributed by atoms with Crippen LogP contribution in [0, 0.1) is 0 Å². The molecule has 1 N–H and O–H groups in total. The second kappa shape index (κ2) is 8.93. The highest BCUT2D eigenvalue weighted by atomic mass is 16.7. The summed E-state index contributed by atoms with van der Waals surface area (Å²) in [4.78, 5) is 14.5. The van der Waals surface area contributed by atoms with Crippen LogP contribution in [0.5, 0.6) is 23.0 Å². The number of benzene rings is 2. The number of carbonyl (C=O) groups excluding carboxylic acids is 1. The van der Waals surface area contributed by atoms with Gasteiger partial charge in [-0.1, -0.05) is 6.07 Å². The molecule has 2 heterocycles. The number of carbonyl (C=O) groups is 1. The molecule has 8 nitrogen and oxygen atoms in total. The fourth-order valence-corrected chi connectivity index (χ4v) is 4.34. The highest BCUT2D eigenvalue weighted by molar-refractivity contribution is 5.69. The van der Waals surface area contributed by atoms with Crippen molar-refractivity contribution in [1.82, 2.24) is 4.90 Å². The molecule has 0 saturated carbocycles. The Hall–Kier alpha value is -3.13. The molecule has 8 heteroatoms. The third-order valence-corrected chi connectivity index (χ3v) is 5.81. The predicted molar refractivity (Wildman–Crippen MR) is 112 cm³/mol. The zero-order valence-corrected chi connectivity index (χ0v) is 18.0. The van der Waals surface area contributed by atoms with Gasteiger partial charge in [-0.3, -0.25) is 0 Å². The molecule has 2 aliphatic rings. The Bertz CT molecular complexity index is 975. The van der Waals surface area contributed by atoms with Crippen molar-refractivity contribution in [2.24, 2.45) is 0 Å². The summed E-state index contributed by atoms with van der Waals surface area (Å²) in [5.74, 6) is 2.44. The van der Waals surface area contributed by atoms with Crippen LogP contribution in [0.2, 0.25) is 0 Å². The monoisotopic (exact) mass is 429 g/mol. The molecule has 166 valence electrons. The van der Waals surface area contributed by atoms with E-state index < -0.39 is 0 Å². The summed E-state index contributed by atoms with van der Waals surface area (Å²) in [5, 5.41) is 10.1. The molecule has 0 spiro atoms. The molecule has 0 saturated heterocycles. The number of ether oxygens (including phenoxy) is 5. The number of aliphatic hydroxyl groups is 1. The molecular formula is C23H27NO7. The molecule has 0 bridgehead atoms. The van der Waals surface area contributed by atoms with E-state index in [1.807, 2.05) is 24.3 Å². The standard InChI is InChI=1S/C23H27NO7/c1-4-29-23(26)24-8-7-15-10-20-21(31-13-30-20)11-16(15)18(24)9-14-5-6-19(27-2)22(28-3)17(14)12-25/h5-6,10-11,18,25H,4,7-9,12-13H2,1-3H3. The SMILES string of the molecule is CCOC(=O)N1CCc2cc3c(cc2C1Cc1ccc(OC)c(OC)c1CO)OCO3. The second-order valence-electron chi connectivity index (χ2n) is 7.36. The average Bonchev–Trinajstić information content (AvgIpc) is 3.24. The third kappa shape index (κ3) is 3.83. The van der Waals surface area contributed by atoms with Crippen LogP contribution in [-0.4, -0.2) is 50.3 Å². The maximum absolute atomic E-state index is 12.8. The van der Waals surface area contributed by atoms with Crippen LogP contribution >= 0.6 is 0 Å². The van der Waals surface area contributed by atoms with Crippen molar-refractivity contribution in [2.75, 3.05) is 34.2 Å². The number of aliphatic hydroxyl groups excluding tert-OH is 1. The van der Waals surface area contributed by atoms with Gasteiger partial charge in [0, 0.05) is 12.1 Å². The Morgan fingerprint density at radius 1 is 1.19 bits per heavy atom. The molecule has 1 atom stereocenters. The number of rotatable bonds is 6. The van der Waals surface area contributed by atoms with Crippen molar-refractivity contribution in [3.8, 4) is 23.0 Å². The first-order valence-corrected chi connectivity index (χ1v) is 10.3. The third-order valence-electron chi connectivity index (χ3n) is 5.81. The van der Waals surface area contributed by atoms with Crippen molar-refractivity contribution in [1.29, 1.82) is 0 Å². The van der Waals surface area contributed by atoms with Gasteiger partial charge in [-0.15, -0.1) is 0 Å². The lowest BCUT2D eigenvalue weighted by Gasteiger charge is -2.37. The smallest absolute Gasteiger partial charge is 0.410 e. The molecule has 31 heavy (non-hydrogen) atoms. The molecule has 2 aromatic carbocycles. The number of amides is 1. The average molecular weight is 429 g/mol. The van der Waals surface area contributed by atoms with E-state index in [0.717, 1.165) is 22.4 Å². The summed E-state index contributed by atoms with van der Waals surface area (Å²) in [5.41, 5.74) is 3.60. The Morgan fingerprint density at radius 3 is 2.65 bits per heavy atom. The molecule has 1 unspecified atom stereocenters. The van der Waals surface area contributed by atoms with Crippen molar-refractivity contribution < 1.29 is 33.6 Å². The van der Waals surface area contributed by atoms with Crippen molar-refractivity contribution in [2.45, 2.75) is 32.4 Å². The van der Waals surface area contributed by atoms with Gasteiger partial charge in [-0.2, -0.15) is 0 Å². The van der Waals surface area contributed by atoms with E-state index in [4.69, 9.17) is 23.7 Å². The highest BCUT2D eigenvalue weighted by Crippen LogP contribution is 2.43. The lowest BCUT2D eigenvalue weighted by atomic mass is 9.87. The van der Waals surface area contributed by atoms with Crippen molar-refractivity contribution >= 4 is 6.09 Å². The second-order valence-corrected chi connectivity index (χ2v) is 7.36. The minimum absolute atomic E-state index is 0.189. The van der Waals surface area contributed by atoms with Crippen molar-refractivity contribution in [3.05, 3.63) is 46.5 Å². The van der Waals surface area contributed by atoms with Gasteiger partial charge in [0.05, 0.1) is 33.5 Å². The Balaban J connectivity index is 1.78. The summed E-state index contributed by atoms with van der Waals surface area (Å²) in [6.07, 6.45) is 0.809. The van der Waals surface area contributed by atoms with E-state index in [9.17, 15) is 9.90 Å². The zero-order chi connectivity index (χ0) is 22.0. The quantitative estimate of drug-likeness (QED) is 0.754. The minimum Gasteiger partial charge on any atom is -0.493 e. The number of nitrogens with zero attached hydrogens (tertiary/aromatic N) is 1. The summed E-state index contributed by atoms with van der Waals surface area (Å²) >= 11 is 0. The van der Waals surface area contributed by atoms with E-state index >= 15 is 0 Å². The minimum atomic E-state index is -0.359. The summed E-state index contributed by atoms with van der Waals surface area (Å²) in [6.45, 7) is 2.60. The normalized spacial score (nSPS) is 16.6. The van der Waals surface area contributed by atoms with Crippen LogP contribution in [0.15, 0.2) is 24.3 Å². The van der Waals surface area contributed by atoms with Gasteiger partial charge in [0.15, 0.2) is 23.0 Å². The Labute approximate surface area is 181 Å². The highest BCUT2D eigenvalue weighted by Gasteiger charge is 2.34. The van der Waals surface area contributed by atoms with Crippen LogP contribution in [0.1, 0.15) is 35.2 Å². The maximum Gasteiger partial charge on any atom is 0.410 e. The maximum atomic E-state index is 12.8. The summed E-state index contributed by atoms with van der Waals surface area (Å²) < 4.78 is 27.3. The Morgan fingerprint density at radius 2 is 1.97 bits per heavy atom. The molecule has 0 aromatic heterocycles. The van der Waals surface area contributed by atoms with Crippen LogP contribution in [0.25, 0.3) is 0 Å². The van der Waals surface area contributed by atoms with E-state index in [-0.39, 0.29) is 25.5 Å². The fourth-order valence-electron chi connectivity index (χ4n) is 4.34. The van der Waals surface area contributed by atoms with E-state index in [0.29, 0.717) is 48.8 Å². The molecule has 1 amide bonds. The molecule has 2 aliphatic heterocycles. The lowest BCUT2D eigenvalue weighted by Crippen LogP contribution is -2.41. The first-order valence-electron chi connectivity index (χ1n) is 10.3. The van der Waals surface area contributed by atoms with Crippen LogP contribution in [-0.2, 0) is 24.2 Å². The summed E-state index contributed by atoms with van der Waals surface area (Å²) in [7, 11) is 3.10. The van der Waals surface area contributed by atoms with Crippen LogP contribution in [0.4, 0.5) is 4.79 Å². The number of hydrogen-bond acceptors (Lipinski definition) is 7. The van der Waals surface area contributed by atoms with Gasteiger partial charge in [0.1, 0.15) is 0 Å². The van der Waals surface area contributed by atoms with E-state index in [1.54, 1.807) is 26.0 Å². The first-order chi connectivity index (χ1) is 15.1. The number of fused-ring (bicyclic) bond motifs is 2. The van der Waals surface area contributed by atoms with Crippen LogP contribution in [0.3, 0.4) is 0 Å².